The number of carbonyl (C=O) groups excluding carboxylic acids is 1. The lowest BCUT2D eigenvalue weighted by molar-refractivity contribution is -0.117. The Morgan fingerprint density at radius 1 is 1.24 bits per heavy atom. The van der Waals surface area contributed by atoms with Crippen molar-refractivity contribution in [2.75, 3.05) is 13.7 Å². The third kappa shape index (κ3) is 5.08. The molecule has 3 rings (SSSR count). The van der Waals surface area contributed by atoms with Crippen LogP contribution in [0, 0.1) is 17.1 Å². The van der Waals surface area contributed by atoms with Gasteiger partial charge < -0.3 is 10.1 Å². The summed E-state index contributed by atoms with van der Waals surface area (Å²) in [4.78, 5) is 12.4. The zero-order chi connectivity index (χ0) is 20.6. The summed E-state index contributed by atoms with van der Waals surface area (Å²) in [5, 5.41) is 18.9. The molecule has 2 N–H and O–H groups in total. The number of rotatable bonds is 7. The number of hydrogen-bond donors (Lipinski definition) is 2. The Labute approximate surface area is 167 Å². The predicted molar refractivity (Wildman–Crippen MR) is 107 cm³/mol. The Morgan fingerprint density at radius 2 is 1.97 bits per heavy atom. The van der Waals surface area contributed by atoms with E-state index in [4.69, 9.17) is 4.74 Å². The highest BCUT2D eigenvalue weighted by Gasteiger charge is 2.12. The predicted octanol–water partition coefficient (Wildman–Crippen LogP) is 3.49. The van der Waals surface area contributed by atoms with Gasteiger partial charge in [-0.05, 0) is 54.5 Å². The molecule has 0 saturated carbocycles. The summed E-state index contributed by atoms with van der Waals surface area (Å²) in [6, 6.07) is 15.3. The van der Waals surface area contributed by atoms with Crippen molar-refractivity contribution in [3.05, 3.63) is 77.2 Å². The monoisotopic (exact) mass is 390 g/mol. The molecule has 0 spiro atoms. The van der Waals surface area contributed by atoms with Crippen molar-refractivity contribution in [1.29, 1.82) is 5.26 Å². The molecule has 0 aliphatic carbocycles. The number of nitrogens with one attached hydrogen (secondary N) is 2. The van der Waals surface area contributed by atoms with Crippen LogP contribution in [0.25, 0.3) is 17.3 Å². The number of nitrogens with zero attached hydrogens (tertiary/aromatic N) is 2. The number of aromatic amines is 1. The maximum absolute atomic E-state index is 13.1. The van der Waals surface area contributed by atoms with Gasteiger partial charge in [-0.1, -0.05) is 12.1 Å². The van der Waals surface area contributed by atoms with Crippen LogP contribution in [-0.2, 0) is 11.2 Å². The molecule has 146 valence electrons. The summed E-state index contributed by atoms with van der Waals surface area (Å²) in [7, 11) is 1.60. The number of aromatic nitrogens is 2. The molecule has 1 aromatic heterocycles. The third-order valence-electron chi connectivity index (χ3n) is 4.32. The summed E-state index contributed by atoms with van der Waals surface area (Å²) in [5.74, 6) is -0.0452. The van der Waals surface area contributed by atoms with E-state index < -0.39 is 5.91 Å². The molecule has 0 aliphatic heterocycles. The molecular weight excluding hydrogens is 371 g/mol. The van der Waals surface area contributed by atoms with Crippen LogP contribution >= 0.6 is 0 Å². The van der Waals surface area contributed by atoms with Gasteiger partial charge in [-0.25, -0.2) is 4.39 Å². The van der Waals surface area contributed by atoms with Crippen LogP contribution in [0.1, 0.15) is 11.1 Å². The molecule has 0 saturated heterocycles. The molecule has 3 aromatic rings. The van der Waals surface area contributed by atoms with Crippen molar-refractivity contribution in [2.45, 2.75) is 6.42 Å². The molecule has 0 bridgehead atoms. The summed E-state index contributed by atoms with van der Waals surface area (Å²) < 4.78 is 18.3. The van der Waals surface area contributed by atoms with E-state index in [-0.39, 0.29) is 11.4 Å². The fourth-order valence-corrected chi connectivity index (χ4v) is 2.76. The molecule has 1 amide bonds. The number of amides is 1. The molecular formula is C22H19FN4O2. The van der Waals surface area contributed by atoms with Gasteiger partial charge in [0.25, 0.3) is 5.91 Å². The van der Waals surface area contributed by atoms with Gasteiger partial charge in [0, 0.05) is 17.7 Å². The topological polar surface area (TPSA) is 90.8 Å². The molecule has 7 heteroatoms. The van der Waals surface area contributed by atoms with E-state index in [1.807, 2.05) is 30.3 Å². The fourth-order valence-electron chi connectivity index (χ4n) is 2.76. The first-order valence-corrected chi connectivity index (χ1v) is 8.93. The van der Waals surface area contributed by atoms with E-state index in [1.54, 1.807) is 19.2 Å². The van der Waals surface area contributed by atoms with Crippen LogP contribution in [0.5, 0.6) is 5.75 Å². The molecule has 0 radical (unpaired) electrons. The SMILES string of the molecule is COc1ccc(CCNC(=O)C(C#N)=Cc2cn[nH]c2-c2ccc(F)cc2)cc1. The van der Waals surface area contributed by atoms with Crippen molar-refractivity contribution < 1.29 is 13.9 Å². The molecule has 1 heterocycles. The Hall–Kier alpha value is -3.92. The van der Waals surface area contributed by atoms with E-state index in [9.17, 15) is 14.4 Å². The van der Waals surface area contributed by atoms with Crippen LogP contribution in [0.4, 0.5) is 4.39 Å². The van der Waals surface area contributed by atoms with Crippen LogP contribution < -0.4 is 10.1 Å². The van der Waals surface area contributed by atoms with Crippen LogP contribution in [0.3, 0.4) is 0 Å². The number of H-pyrrole nitrogens is 1. The Kier molecular flexibility index (Phi) is 6.38. The van der Waals surface area contributed by atoms with Gasteiger partial charge in [-0.3, -0.25) is 9.89 Å². The smallest absolute Gasteiger partial charge is 0.261 e. The second-order valence-corrected chi connectivity index (χ2v) is 6.23. The van der Waals surface area contributed by atoms with E-state index >= 15 is 0 Å². The lowest BCUT2D eigenvalue weighted by Crippen LogP contribution is -2.26. The van der Waals surface area contributed by atoms with Gasteiger partial charge in [-0.2, -0.15) is 10.4 Å². The van der Waals surface area contributed by atoms with Gasteiger partial charge in [0.2, 0.25) is 0 Å². The summed E-state index contributed by atoms with van der Waals surface area (Å²) >= 11 is 0. The van der Waals surface area contributed by atoms with Gasteiger partial charge in [0.15, 0.2) is 0 Å². The van der Waals surface area contributed by atoms with Crippen molar-refractivity contribution in [2.24, 2.45) is 0 Å². The number of nitriles is 1. The van der Waals surface area contributed by atoms with Crippen molar-refractivity contribution in [3.8, 4) is 23.1 Å². The minimum Gasteiger partial charge on any atom is -0.497 e. The molecule has 6 nitrogen and oxygen atoms in total. The van der Waals surface area contributed by atoms with E-state index in [0.29, 0.717) is 29.8 Å². The van der Waals surface area contributed by atoms with E-state index in [1.165, 1.54) is 24.4 Å². The number of carbonyl (C=O) groups is 1. The van der Waals surface area contributed by atoms with Crippen molar-refractivity contribution >= 4 is 12.0 Å². The highest BCUT2D eigenvalue weighted by molar-refractivity contribution is 6.02. The quantitative estimate of drug-likeness (QED) is 0.477. The largest absolute Gasteiger partial charge is 0.497 e. The molecule has 0 atom stereocenters. The Bertz CT molecular complexity index is 1050. The maximum Gasteiger partial charge on any atom is 0.261 e. The number of hydrogen-bond acceptors (Lipinski definition) is 4. The first-order chi connectivity index (χ1) is 14.1. The van der Waals surface area contributed by atoms with Crippen molar-refractivity contribution in [1.82, 2.24) is 15.5 Å². The average molecular weight is 390 g/mol. The lowest BCUT2D eigenvalue weighted by atomic mass is 10.1. The number of benzene rings is 2. The third-order valence-corrected chi connectivity index (χ3v) is 4.32. The summed E-state index contributed by atoms with van der Waals surface area (Å²) in [6.07, 6.45) is 3.60. The number of ether oxygens (including phenoxy) is 1. The highest BCUT2D eigenvalue weighted by Crippen LogP contribution is 2.23. The van der Waals surface area contributed by atoms with Crippen LogP contribution in [0.15, 0.2) is 60.3 Å². The van der Waals surface area contributed by atoms with Gasteiger partial charge in [-0.15, -0.1) is 0 Å². The first-order valence-electron chi connectivity index (χ1n) is 8.93. The zero-order valence-electron chi connectivity index (χ0n) is 15.8. The molecule has 2 aromatic carbocycles. The highest BCUT2D eigenvalue weighted by atomic mass is 19.1. The van der Waals surface area contributed by atoms with Crippen molar-refractivity contribution in [3.63, 3.8) is 0 Å². The average Bonchev–Trinajstić information content (AvgIpc) is 3.21. The van der Waals surface area contributed by atoms with Gasteiger partial charge in [0.1, 0.15) is 23.2 Å². The lowest BCUT2D eigenvalue weighted by Gasteiger charge is -2.06. The molecule has 0 aliphatic rings. The number of halogens is 1. The maximum atomic E-state index is 13.1. The van der Waals surface area contributed by atoms with Crippen LogP contribution in [-0.4, -0.2) is 29.8 Å². The second-order valence-electron chi connectivity index (χ2n) is 6.23. The van der Waals surface area contributed by atoms with E-state index in [0.717, 1.165) is 11.3 Å². The normalized spacial score (nSPS) is 11.0. The zero-order valence-corrected chi connectivity index (χ0v) is 15.8. The molecule has 0 unspecified atom stereocenters. The molecule has 0 fully saturated rings. The Balaban J connectivity index is 1.67. The number of methoxy groups -OCH3 is 1. The second kappa shape index (κ2) is 9.33. The minimum atomic E-state index is -0.465. The minimum absolute atomic E-state index is 0.0375. The summed E-state index contributed by atoms with van der Waals surface area (Å²) in [5.41, 5.74) is 2.88. The van der Waals surface area contributed by atoms with Gasteiger partial charge in [0.05, 0.1) is 19.0 Å². The van der Waals surface area contributed by atoms with E-state index in [2.05, 4.69) is 15.5 Å². The standard InChI is InChI=1S/C22H19FN4O2/c1-29-20-8-2-15(3-9-20)10-11-25-22(28)17(13-24)12-18-14-26-27-21(18)16-4-6-19(23)7-5-16/h2-9,12,14H,10-11H2,1H3,(H,25,28)(H,26,27). The molecule has 29 heavy (non-hydrogen) atoms. The first kappa shape index (κ1) is 19.8. The summed E-state index contributed by atoms with van der Waals surface area (Å²) in [6.45, 7) is 0.389. The van der Waals surface area contributed by atoms with Crippen LogP contribution in [0.2, 0.25) is 0 Å². The van der Waals surface area contributed by atoms with Gasteiger partial charge >= 0.3 is 0 Å². The fraction of sp³-hybridized carbons (Fsp3) is 0.136. The Morgan fingerprint density at radius 3 is 2.62 bits per heavy atom.